The second-order valence-corrected chi connectivity index (χ2v) is 3.62. The van der Waals surface area contributed by atoms with Crippen molar-refractivity contribution in [1.82, 2.24) is 0 Å². The topological polar surface area (TPSA) is 38.7 Å². The summed E-state index contributed by atoms with van der Waals surface area (Å²) in [6, 6.07) is 0. The molecule has 0 aromatic carbocycles. The maximum atomic E-state index is 9.85. The lowest BCUT2D eigenvalue weighted by molar-refractivity contribution is -0.0833. The first-order valence-corrected chi connectivity index (χ1v) is 5.84. The second-order valence-electron chi connectivity index (χ2n) is 3.62. The number of rotatable bonds is 9. The van der Waals surface area contributed by atoms with Crippen LogP contribution in [0.3, 0.4) is 0 Å². The Morgan fingerprint density at radius 2 is 2.06 bits per heavy atom. The van der Waals surface area contributed by atoms with Crippen LogP contribution in [0.5, 0.6) is 0 Å². The highest BCUT2D eigenvalue weighted by molar-refractivity contribution is 5.00. The molecule has 0 saturated heterocycles. The Morgan fingerprint density at radius 3 is 2.62 bits per heavy atom. The zero-order chi connectivity index (χ0) is 12.2. The van der Waals surface area contributed by atoms with E-state index < -0.39 is 6.10 Å². The molecule has 0 heterocycles. The molecule has 0 aromatic rings. The van der Waals surface area contributed by atoms with E-state index in [9.17, 15) is 5.11 Å². The molecule has 0 unspecified atom stereocenters. The van der Waals surface area contributed by atoms with Crippen molar-refractivity contribution in [2.75, 3.05) is 13.9 Å². The number of allylic oxidation sites excluding steroid dienone is 2. The summed E-state index contributed by atoms with van der Waals surface area (Å²) >= 11 is 0. The quantitative estimate of drug-likeness (QED) is 0.374. The van der Waals surface area contributed by atoms with Crippen LogP contribution in [0.2, 0.25) is 0 Å². The van der Waals surface area contributed by atoms with E-state index in [1.165, 1.54) is 6.42 Å². The monoisotopic (exact) mass is 228 g/mol. The summed E-state index contributed by atoms with van der Waals surface area (Å²) in [6.45, 7) is 4.24. The average Bonchev–Trinajstić information content (AvgIpc) is 2.29. The molecule has 0 aliphatic rings. The molecule has 0 spiro atoms. The summed E-state index contributed by atoms with van der Waals surface area (Å²) < 4.78 is 10.2. The fourth-order valence-corrected chi connectivity index (χ4v) is 1.27. The van der Waals surface area contributed by atoms with E-state index in [0.29, 0.717) is 0 Å². The third-order valence-electron chi connectivity index (χ3n) is 2.15. The number of aliphatic hydroxyl groups excluding tert-OH is 1. The van der Waals surface area contributed by atoms with Crippen LogP contribution in [0, 0.1) is 0 Å². The van der Waals surface area contributed by atoms with Crippen LogP contribution in [0.25, 0.3) is 0 Å². The fourth-order valence-electron chi connectivity index (χ4n) is 1.27. The van der Waals surface area contributed by atoms with Gasteiger partial charge in [0.15, 0.2) is 0 Å². The first-order chi connectivity index (χ1) is 7.76. The Labute approximate surface area is 98.8 Å². The highest BCUT2D eigenvalue weighted by Gasteiger charge is 2.13. The number of aliphatic hydroxyl groups is 1. The van der Waals surface area contributed by atoms with E-state index in [2.05, 4.69) is 6.92 Å². The van der Waals surface area contributed by atoms with E-state index in [1.807, 2.05) is 25.2 Å². The van der Waals surface area contributed by atoms with Crippen molar-refractivity contribution in [2.45, 2.75) is 45.3 Å². The molecule has 0 amide bonds. The highest BCUT2D eigenvalue weighted by Crippen LogP contribution is 2.05. The smallest absolute Gasteiger partial charge is 0.147 e. The van der Waals surface area contributed by atoms with Gasteiger partial charge in [0, 0.05) is 7.11 Å². The first-order valence-electron chi connectivity index (χ1n) is 5.84. The molecule has 0 fully saturated rings. The molecule has 0 saturated carbocycles. The van der Waals surface area contributed by atoms with Crippen LogP contribution < -0.4 is 0 Å². The molecule has 0 aliphatic heterocycles. The van der Waals surface area contributed by atoms with Gasteiger partial charge in [-0.1, -0.05) is 44.1 Å². The molecule has 2 atom stereocenters. The number of hydrogen-bond donors (Lipinski definition) is 1. The van der Waals surface area contributed by atoms with E-state index in [0.717, 1.165) is 12.8 Å². The Morgan fingerprint density at radius 1 is 1.31 bits per heavy atom. The Balaban J connectivity index is 4.04. The van der Waals surface area contributed by atoms with E-state index in [1.54, 1.807) is 13.2 Å². The van der Waals surface area contributed by atoms with Crippen molar-refractivity contribution in [3.05, 3.63) is 24.3 Å². The lowest BCUT2D eigenvalue weighted by Crippen LogP contribution is -2.26. The van der Waals surface area contributed by atoms with Crippen LogP contribution >= 0.6 is 0 Å². The van der Waals surface area contributed by atoms with Gasteiger partial charge in [0.05, 0.1) is 0 Å². The maximum absolute atomic E-state index is 9.85. The highest BCUT2D eigenvalue weighted by atomic mass is 16.7. The third kappa shape index (κ3) is 7.63. The predicted molar refractivity (Wildman–Crippen MR) is 66.2 cm³/mol. The Kier molecular flexibility index (Phi) is 10.4. The molecule has 0 bridgehead atoms. The summed E-state index contributed by atoms with van der Waals surface area (Å²) in [6.07, 6.45) is 9.86. The minimum Gasteiger partial charge on any atom is -0.386 e. The number of unbranched alkanes of at least 4 members (excludes halogenated alkanes) is 2. The minimum absolute atomic E-state index is 0.189. The van der Waals surface area contributed by atoms with Gasteiger partial charge >= 0.3 is 0 Å². The van der Waals surface area contributed by atoms with Crippen LogP contribution in [0.15, 0.2) is 24.3 Å². The van der Waals surface area contributed by atoms with Gasteiger partial charge in [-0.15, -0.1) is 0 Å². The van der Waals surface area contributed by atoms with Gasteiger partial charge in [-0.05, 0) is 13.3 Å². The van der Waals surface area contributed by atoms with Gasteiger partial charge in [-0.25, -0.2) is 0 Å². The predicted octanol–water partition coefficient (Wildman–Crippen LogP) is 2.66. The van der Waals surface area contributed by atoms with Crippen LogP contribution in [-0.2, 0) is 9.47 Å². The van der Waals surface area contributed by atoms with Crippen LogP contribution in [0.1, 0.15) is 33.1 Å². The summed E-state index contributed by atoms with van der Waals surface area (Å²) in [5.74, 6) is 0. The molecule has 94 valence electrons. The van der Waals surface area contributed by atoms with E-state index >= 15 is 0 Å². The van der Waals surface area contributed by atoms with Crippen molar-refractivity contribution < 1.29 is 14.6 Å². The van der Waals surface area contributed by atoms with Crippen molar-refractivity contribution in [2.24, 2.45) is 0 Å². The van der Waals surface area contributed by atoms with Crippen LogP contribution in [-0.4, -0.2) is 31.2 Å². The molecule has 1 N–H and O–H groups in total. The van der Waals surface area contributed by atoms with E-state index in [4.69, 9.17) is 9.47 Å². The maximum Gasteiger partial charge on any atom is 0.147 e. The third-order valence-corrected chi connectivity index (χ3v) is 2.15. The van der Waals surface area contributed by atoms with E-state index in [-0.39, 0.29) is 12.9 Å². The van der Waals surface area contributed by atoms with Crippen LogP contribution in [0.4, 0.5) is 0 Å². The normalized spacial score (nSPS) is 16.0. The molecule has 16 heavy (non-hydrogen) atoms. The summed E-state index contributed by atoms with van der Waals surface area (Å²) in [5, 5.41) is 9.85. The SMILES string of the molecule is C/C=C/[C@H](OCOC)[C@@H](O)/C=C/CCCC. The molecule has 0 radical (unpaired) electrons. The van der Waals surface area contributed by atoms with Gasteiger partial charge in [0.1, 0.15) is 19.0 Å². The van der Waals surface area contributed by atoms with Gasteiger partial charge in [-0.2, -0.15) is 0 Å². The molecule has 0 rings (SSSR count). The Hall–Kier alpha value is -0.640. The number of hydrogen-bond acceptors (Lipinski definition) is 3. The lowest BCUT2D eigenvalue weighted by Gasteiger charge is -2.17. The fraction of sp³-hybridized carbons (Fsp3) is 0.692. The molecule has 0 aromatic heterocycles. The largest absolute Gasteiger partial charge is 0.386 e. The van der Waals surface area contributed by atoms with Crippen molar-refractivity contribution in [3.8, 4) is 0 Å². The summed E-state index contributed by atoms with van der Waals surface area (Å²) in [4.78, 5) is 0. The number of methoxy groups -OCH3 is 1. The van der Waals surface area contributed by atoms with Gasteiger partial charge in [0.25, 0.3) is 0 Å². The average molecular weight is 228 g/mol. The van der Waals surface area contributed by atoms with Crippen molar-refractivity contribution >= 4 is 0 Å². The van der Waals surface area contributed by atoms with Gasteiger partial charge in [0.2, 0.25) is 0 Å². The zero-order valence-electron chi connectivity index (χ0n) is 10.6. The molecular weight excluding hydrogens is 204 g/mol. The van der Waals surface area contributed by atoms with Gasteiger partial charge < -0.3 is 14.6 Å². The lowest BCUT2D eigenvalue weighted by atomic mass is 10.1. The first kappa shape index (κ1) is 15.4. The van der Waals surface area contributed by atoms with Gasteiger partial charge in [-0.3, -0.25) is 0 Å². The van der Waals surface area contributed by atoms with Crippen molar-refractivity contribution in [3.63, 3.8) is 0 Å². The molecule has 0 aliphatic carbocycles. The summed E-state index contributed by atoms with van der Waals surface area (Å²) in [7, 11) is 1.57. The second kappa shape index (κ2) is 10.9. The van der Waals surface area contributed by atoms with Crippen molar-refractivity contribution in [1.29, 1.82) is 0 Å². The Bertz CT molecular complexity index is 199. The minimum atomic E-state index is -0.608. The standard InChI is InChI=1S/C13H24O3/c1-4-6-7-8-10-12(14)13(9-5-2)16-11-15-3/h5,8-10,12-14H,4,6-7,11H2,1-3H3/b9-5+,10-8+/t12-,13-/m0/s1. The molecular formula is C13H24O3. The number of ether oxygens (including phenoxy) is 2. The molecule has 3 nitrogen and oxygen atoms in total. The zero-order valence-corrected chi connectivity index (χ0v) is 10.6. The molecule has 3 heteroatoms. The summed E-state index contributed by atoms with van der Waals surface area (Å²) in [5.41, 5.74) is 0.